The van der Waals surface area contributed by atoms with Crippen LogP contribution in [0, 0.1) is 0 Å². The van der Waals surface area contributed by atoms with Crippen molar-refractivity contribution in [2.45, 2.75) is 32.2 Å². The number of carbonyl (C=O) groups is 1. The molecule has 1 heterocycles. The molecule has 1 aromatic heterocycles. The molecule has 0 fully saturated rings. The highest BCUT2D eigenvalue weighted by molar-refractivity contribution is 7.15. The largest absolute Gasteiger partial charge is 0.320 e. The van der Waals surface area contributed by atoms with Crippen molar-refractivity contribution in [1.29, 1.82) is 0 Å². The predicted molar refractivity (Wildman–Crippen MR) is 63.6 cm³/mol. The van der Waals surface area contributed by atoms with Crippen molar-refractivity contribution < 1.29 is 13.6 Å². The first-order chi connectivity index (χ1) is 7.54. The van der Waals surface area contributed by atoms with Crippen LogP contribution in [0.15, 0.2) is 0 Å². The number of rotatable bonds is 5. The molecule has 0 radical (unpaired) electrons. The van der Waals surface area contributed by atoms with E-state index >= 15 is 0 Å². The Morgan fingerprint density at radius 1 is 1.53 bits per heavy atom. The van der Waals surface area contributed by atoms with Gasteiger partial charge in [0.2, 0.25) is 11.0 Å². The highest BCUT2D eigenvalue weighted by Gasteiger charge is 2.17. The Morgan fingerprint density at radius 3 is 2.65 bits per heavy atom. The molecule has 1 atom stereocenters. The van der Waals surface area contributed by atoms with Crippen molar-refractivity contribution in [3.63, 3.8) is 0 Å². The summed E-state index contributed by atoms with van der Waals surface area (Å²) < 4.78 is 24.3. The zero-order valence-corrected chi connectivity index (χ0v) is 10.7. The molecule has 0 saturated heterocycles. The molecule has 0 aromatic carbocycles. The summed E-state index contributed by atoms with van der Waals surface area (Å²) >= 11 is 0.645. The van der Waals surface area contributed by atoms with Crippen LogP contribution in [0.2, 0.25) is 0 Å². The van der Waals surface area contributed by atoms with Gasteiger partial charge in [0.05, 0.1) is 6.04 Å². The predicted octanol–water partition coefficient (Wildman–Crippen LogP) is 1.96. The summed E-state index contributed by atoms with van der Waals surface area (Å²) in [6, 6.07) is -0.649. The van der Waals surface area contributed by atoms with Crippen LogP contribution >= 0.6 is 23.7 Å². The van der Waals surface area contributed by atoms with Gasteiger partial charge in [-0.05, 0) is 6.42 Å². The summed E-state index contributed by atoms with van der Waals surface area (Å²) in [6.07, 6.45) is -1.37. The van der Waals surface area contributed by atoms with Crippen LogP contribution in [-0.2, 0) is 4.79 Å². The first kappa shape index (κ1) is 16.1. The van der Waals surface area contributed by atoms with Crippen LogP contribution in [0.25, 0.3) is 0 Å². The number of halogens is 3. The van der Waals surface area contributed by atoms with Gasteiger partial charge in [-0.3, -0.25) is 10.1 Å². The lowest BCUT2D eigenvalue weighted by atomic mass is 10.2. The number of alkyl halides is 2. The van der Waals surface area contributed by atoms with Crippen LogP contribution in [0.3, 0.4) is 0 Å². The van der Waals surface area contributed by atoms with E-state index in [4.69, 9.17) is 5.73 Å². The van der Waals surface area contributed by atoms with Crippen molar-refractivity contribution in [1.82, 2.24) is 10.2 Å². The second-order valence-corrected chi connectivity index (χ2v) is 4.14. The fourth-order valence-electron chi connectivity index (χ4n) is 1.01. The lowest BCUT2D eigenvalue weighted by molar-refractivity contribution is -0.117. The second kappa shape index (κ2) is 7.46. The van der Waals surface area contributed by atoms with Gasteiger partial charge in [0.1, 0.15) is 0 Å². The fraction of sp³-hybridized carbons (Fsp3) is 0.625. The fourth-order valence-corrected chi connectivity index (χ4v) is 1.62. The molecule has 1 unspecified atom stereocenters. The third-order valence-corrected chi connectivity index (χ3v) is 2.64. The normalized spacial score (nSPS) is 12.1. The molecule has 98 valence electrons. The summed E-state index contributed by atoms with van der Waals surface area (Å²) in [6.45, 7) is 1.90. The Bertz CT molecular complexity index is 363. The van der Waals surface area contributed by atoms with Gasteiger partial charge in [0.25, 0.3) is 6.43 Å². The highest BCUT2D eigenvalue weighted by atomic mass is 35.5. The zero-order chi connectivity index (χ0) is 12.1. The van der Waals surface area contributed by atoms with Crippen molar-refractivity contribution in [2.75, 3.05) is 5.32 Å². The molecule has 0 aliphatic carbocycles. The number of aromatic nitrogens is 2. The third-order valence-electron chi connectivity index (χ3n) is 1.79. The van der Waals surface area contributed by atoms with Gasteiger partial charge < -0.3 is 5.73 Å². The summed E-state index contributed by atoms with van der Waals surface area (Å²) in [7, 11) is 0. The van der Waals surface area contributed by atoms with E-state index < -0.39 is 23.4 Å². The van der Waals surface area contributed by atoms with Gasteiger partial charge in [-0.15, -0.1) is 22.6 Å². The minimum atomic E-state index is -2.67. The lowest BCUT2D eigenvalue weighted by Gasteiger charge is -2.08. The molecule has 17 heavy (non-hydrogen) atoms. The molecule has 1 aromatic rings. The molecule has 0 aliphatic rings. The number of nitrogens with zero attached hydrogens (tertiary/aromatic N) is 2. The van der Waals surface area contributed by atoms with E-state index in [1.165, 1.54) is 0 Å². The van der Waals surface area contributed by atoms with Gasteiger partial charge in [0, 0.05) is 0 Å². The number of hydrogen-bond acceptors (Lipinski definition) is 5. The van der Waals surface area contributed by atoms with Crippen molar-refractivity contribution in [2.24, 2.45) is 5.73 Å². The van der Waals surface area contributed by atoms with Crippen LogP contribution < -0.4 is 11.1 Å². The molecule has 0 saturated carbocycles. The molecule has 9 heteroatoms. The molecule has 3 N–H and O–H groups in total. The maximum Gasteiger partial charge on any atom is 0.291 e. The van der Waals surface area contributed by atoms with E-state index in [9.17, 15) is 13.6 Å². The average Bonchev–Trinajstić information content (AvgIpc) is 2.66. The Balaban J connectivity index is 0.00000256. The van der Waals surface area contributed by atoms with Gasteiger partial charge >= 0.3 is 0 Å². The SMILES string of the molecule is CCCC(N)C(=O)Nc1nnc(C(F)F)s1.Cl. The minimum Gasteiger partial charge on any atom is -0.320 e. The van der Waals surface area contributed by atoms with Crippen LogP contribution in [0.4, 0.5) is 13.9 Å². The average molecular weight is 287 g/mol. The van der Waals surface area contributed by atoms with Gasteiger partial charge in [-0.1, -0.05) is 24.7 Å². The monoisotopic (exact) mass is 286 g/mol. The number of nitrogens with one attached hydrogen (secondary N) is 1. The zero-order valence-electron chi connectivity index (χ0n) is 9.02. The summed E-state index contributed by atoms with van der Waals surface area (Å²) in [5.41, 5.74) is 5.54. The molecule has 0 aliphatic heterocycles. The Kier molecular flexibility index (Phi) is 7.09. The molecule has 1 rings (SSSR count). The lowest BCUT2D eigenvalue weighted by Crippen LogP contribution is -2.35. The van der Waals surface area contributed by atoms with Gasteiger partial charge in [-0.2, -0.15) is 0 Å². The van der Waals surface area contributed by atoms with E-state index in [-0.39, 0.29) is 17.5 Å². The highest BCUT2D eigenvalue weighted by Crippen LogP contribution is 2.25. The number of amides is 1. The van der Waals surface area contributed by atoms with E-state index in [2.05, 4.69) is 15.5 Å². The summed E-state index contributed by atoms with van der Waals surface area (Å²) in [5, 5.41) is 8.64. The maximum atomic E-state index is 12.2. The smallest absolute Gasteiger partial charge is 0.291 e. The van der Waals surface area contributed by atoms with Crippen molar-refractivity contribution >= 4 is 34.8 Å². The second-order valence-electron chi connectivity index (χ2n) is 3.13. The maximum absolute atomic E-state index is 12.2. The van der Waals surface area contributed by atoms with Crippen LogP contribution in [-0.4, -0.2) is 22.1 Å². The molecular weight excluding hydrogens is 274 g/mol. The quantitative estimate of drug-likeness (QED) is 0.867. The number of nitrogens with two attached hydrogens (primary N) is 1. The molecule has 5 nitrogen and oxygen atoms in total. The number of hydrogen-bond donors (Lipinski definition) is 2. The summed E-state index contributed by atoms with van der Waals surface area (Å²) in [4.78, 5) is 11.4. The van der Waals surface area contributed by atoms with Gasteiger partial charge in [-0.25, -0.2) is 8.78 Å². The van der Waals surface area contributed by atoms with E-state index in [0.29, 0.717) is 17.8 Å². The number of carbonyl (C=O) groups excluding carboxylic acids is 1. The molecule has 0 bridgehead atoms. The van der Waals surface area contributed by atoms with Crippen molar-refractivity contribution in [3.8, 4) is 0 Å². The van der Waals surface area contributed by atoms with E-state index in [1.54, 1.807) is 0 Å². The standard InChI is InChI=1S/C8H12F2N4OS.ClH/c1-2-3-4(11)6(15)12-8-14-13-7(16-8)5(9)10;/h4-5H,2-3,11H2,1H3,(H,12,14,15);1H. The van der Waals surface area contributed by atoms with Crippen LogP contribution in [0.1, 0.15) is 31.2 Å². The minimum absolute atomic E-state index is 0. The Hall–Kier alpha value is -0.860. The first-order valence-electron chi connectivity index (χ1n) is 4.72. The van der Waals surface area contributed by atoms with E-state index in [1.807, 2.05) is 6.92 Å². The van der Waals surface area contributed by atoms with Crippen molar-refractivity contribution in [3.05, 3.63) is 5.01 Å². The summed E-state index contributed by atoms with van der Waals surface area (Å²) in [5.74, 6) is -0.432. The Labute approximate surface area is 107 Å². The first-order valence-corrected chi connectivity index (χ1v) is 5.54. The third kappa shape index (κ3) is 4.88. The molecule has 0 spiro atoms. The topological polar surface area (TPSA) is 80.9 Å². The number of anilines is 1. The molecular formula is C8H13ClF2N4OS. The Morgan fingerprint density at radius 2 is 2.18 bits per heavy atom. The molecule has 1 amide bonds. The van der Waals surface area contributed by atoms with Crippen LogP contribution in [0.5, 0.6) is 0 Å². The van der Waals surface area contributed by atoms with Gasteiger partial charge in [0.15, 0.2) is 5.01 Å². The van der Waals surface area contributed by atoms with E-state index in [0.717, 1.165) is 6.42 Å².